The molecule has 2 aliphatic carbocycles. The molecule has 5 nitrogen and oxygen atoms in total. The summed E-state index contributed by atoms with van der Waals surface area (Å²) in [6, 6.07) is 16.1. The van der Waals surface area contributed by atoms with Crippen molar-refractivity contribution in [3.05, 3.63) is 94.9 Å². The third kappa shape index (κ3) is 3.48. The van der Waals surface area contributed by atoms with Gasteiger partial charge in [0.2, 0.25) is 0 Å². The SMILES string of the molecule is CC1(C)c2oncc2C[C@@]2(C)c3nc(-c4cc(CF)nc5ccccc45)nc(-c4ccccc4F)c3CC[C@H]12. The zero-order valence-corrected chi connectivity index (χ0v) is 22.1. The van der Waals surface area contributed by atoms with Gasteiger partial charge in [-0.25, -0.2) is 23.7 Å². The molecule has 3 heterocycles. The van der Waals surface area contributed by atoms with E-state index in [2.05, 4.69) is 30.9 Å². The van der Waals surface area contributed by atoms with Gasteiger partial charge in [-0.2, -0.15) is 0 Å². The van der Waals surface area contributed by atoms with Crippen LogP contribution in [0.3, 0.4) is 0 Å². The lowest BCUT2D eigenvalue weighted by molar-refractivity contribution is 0.109. The third-order valence-electron chi connectivity index (χ3n) is 8.93. The van der Waals surface area contributed by atoms with Crippen molar-refractivity contribution in [3.63, 3.8) is 0 Å². The van der Waals surface area contributed by atoms with E-state index in [1.54, 1.807) is 18.2 Å². The molecule has 0 unspecified atom stereocenters. The highest BCUT2D eigenvalue weighted by atomic mass is 19.1. The Morgan fingerprint density at radius 2 is 1.77 bits per heavy atom. The second-order valence-corrected chi connectivity index (χ2v) is 11.6. The Bertz CT molecular complexity index is 1760. The maximum Gasteiger partial charge on any atom is 0.160 e. The Morgan fingerprint density at radius 1 is 0.974 bits per heavy atom. The van der Waals surface area contributed by atoms with Crippen molar-refractivity contribution in [3.8, 4) is 22.6 Å². The number of aromatic nitrogens is 4. The smallest absolute Gasteiger partial charge is 0.160 e. The molecule has 39 heavy (non-hydrogen) atoms. The van der Waals surface area contributed by atoms with E-state index in [1.165, 1.54) is 6.07 Å². The van der Waals surface area contributed by atoms with Crippen LogP contribution in [0.5, 0.6) is 0 Å². The number of hydrogen-bond acceptors (Lipinski definition) is 5. The lowest BCUT2D eigenvalue weighted by Gasteiger charge is -2.52. The molecule has 0 amide bonds. The van der Waals surface area contributed by atoms with Crippen LogP contribution < -0.4 is 0 Å². The monoisotopic (exact) mass is 522 g/mol. The topological polar surface area (TPSA) is 64.7 Å². The second kappa shape index (κ2) is 8.50. The fraction of sp³-hybridized carbons (Fsp3) is 0.312. The number of hydrogen-bond donors (Lipinski definition) is 0. The highest BCUT2D eigenvalue weighted by Gasteiger charge is 2.55. The Kier molecular flexibility index (Phi) is 5.25. The molecule has 2 atom stereocenters. The summed E-state index contributed by atoms with van der Waals surface area (Å²) in [5.41, 5.74) is 5.08. The standard InChI is InChI=1S/C32H28F2N4O/c1-31(2)26-13-12-22-27(21-9-4-6-10-24(21)34)37-30(23-14-19(16-33)36-25-11-7-5-8-20(23)25)38-28(22)32(26,3)15-18-17-35-39-29(18)31/h4-11,14,17,26H,12-13,15-16H2,1-3H3/t26-,32-/m1/s1. The van der Waals surface area contributed by atoms with Crippen LogP contribution in [0.25, 0.3) is 33.5 Å². The van der Waals surface area contributed by atoms with Gasteiger partial charge in [0.15, 0.2) is 5.82 Å². The maximum atomic E-state index is 15.3. The van der Waals surface area contributed by atoms with Gasteiger partial charge in [-0.3, -0.25) is 0 Å². The highest BCUT2D eigenvalue weighted by molar-refractivity contribution is 5.93. The molecule has 0 N–H and O–H groups in total. The van der Waals surface area contributed by atoms with Crippen LogP contribution in [0.2, 0.25) is 0 Å². The van der Waals surface area contributed by atoms with Crippen LogP contribution in [0, 0.1) is 11.7 Å². The molecule has 0 saturated heterocycles. The van der Waals surface area contributed by atoms with Gasteiger partial charge < -0.3 is 4.52 Å². The summed E-state index contributed by atoms with van der Waals surface area (Å²) in [6.45, 7) is 5.99. The highest BCUT2D eigenvalue weighted by Crippen LogP contribution is 2.57. The van der Waals surface area contributed by atoms with E-state index in [0.717, 1.165) is 40.8 Å². The molecule has 0 aliphatic heterocycles. The molecule has 2 aliphatic rings. The molecule has 0 bridgehead atoms. The molecule has 7 heteroatoms. The van der Waals surface area contributed by atoms with Crippen molar-refractivity contribution in [1.82, 2.24) is 20.1 Å². The Morgan fingerprint density at radius 3 is 2.59 bits per heavy atom. The van der Waals surface area contributed by atoms with E-state index in [9.17, 15) is 4.39 Å². The summed E-state index contributed by atoms with van der Waals surface area (Å²) in [5.74, 6) is 1.29. The Labute approximate surface area is 225 Å². The molecule has 5 aromatic rings. The number of alkyl halides is 1. The Hall–Kier alpha value is -4.00. The van der Waals surface area contributed by atoms with Crippen molar-refractivity contribution in [2.75, 3.05) is 0 Å². The fourth-order valence-corrected chi connectivity index (χ4v) is 7.28. The summed E-state index contributed by atoms with van der Waals surface area (Å²) in [4.78, 5) is 14.8. The quantitative estimate of drug-likeness (QED) is 0.249. The van der Waals surface area contributed by atoms with Crippen LogP contribution in [0.1, 0.15) is 55.5 Å². The van der Waals surface area contributed by atoms with Crippen molar-refractivity contribution in [2.45, 2.75) is 57.5 Å². The van der Waals surface area contributed by atoms with Crippen molar-refractivity contribution in [2.24, 2.45) is 5.92 Å². The van der Waals surface area contributed by atoms with Crippen LogP contribution in [-0.4, -0.2) is 20.1 Å². The van der Waals surface area contributed by atoms with Crippen LogP contribution in [0.15, 0.2) is 65.3 Å². The predicted octanol–water partition coefficient (Wildman–Crippen LogP) is 7.31. The van der Waals surface area contributed by atoms with Gasteiger partial charge >= 0.3 is 0 Å². The lowest BCUT2D eigenvalue weighted by Crippen LogP contribution is -2.52. The number of pyridine rings is 1. The first kappa shape index (κ1) is 24.1. The molecule has 0 saturated carbocycles. The van der Waals surface area contributed by atoms with Gasteiger partial charge in [-0.15, -0.1) is 0 Å². The number of rotatable bonds is 3. The van der Waals surface area contributed by atoms with Gasteiger partial charge in [0, 0.05) is 38.5 Å². The van der Waals surface area contributed by atoms with E-state index >= 15 is 4.39 Å². The summed E-state index contributed by atoms with van der Waals surface area (Å²) in [5, 5.41) is 4.97. The summed E-state index contributed by atoms with van der Waals surface area (Å²) >= 11 is 0. The first-order valence-corrected chi connectivity index (χ1v) is 13.4. The van der Waals surface area contributed by atoms with Gasteiger partial charge in [0.05, 0.1) is 28.8 Å². The average Bonchev–Trinajstić information content (AvgIpc) is 3.41. The largest absolute Gasteiger partial charge is 0.361 e. The molecule has 196 valence electrons. The lowest BCUT2D eigenvalue weighted by atomic mass is 9.51. The van der Waals surface area contributed by atoms with Gasteiger partial charge in [-0.1, -0.05) is 56.3 Å². The van der Waals surface area contributed by atoms with Crippen LogP contribution >= 0.6 is 0 Å². The average molecular weight is 523 g/mol. The van der Waals surface area contributed by atoms with Crippen molar-refractivity contribution >= 4 is 10.9 Å². The van der Waals surface area contributed by atoms with Gasteiger partial charge in [-0.05, 0) is 49.4 Å². The summed E-state index contributed by atoms with van der Waals surface area (Å²) in [6.07, 6.45) is 4.15. The minimum absolute atomic E-state index is 0.227. The minimum atomic E-state index is -0.701. The molecular formula is C32H28F2N4O. The molecular weight excluding hydrogens is 494 g/mol. The maximum absolute atomic E-state index is 15.3. The Balaban J connectivity index is 1.55. The number of nitrogens with zero attached hydrogens (tertiary/aromatic N) is 4. The van der Waals surface area contributed by atoms with Crippen molar-refractivity contribution < 1.29 is 13.3 Å². The molecule has 7 rings (SSSR count). The zero-order valence-electron chi connectivity index (χ0n) is 22.1. The number of halogens is 2. The molecule has 2 aromatic carbocycles. The molecule has 0 spiro atoms. The number of para-hydroxylation sites is 1. The minimum Gasteiger partial charge on any atom is -0.361 e. The van der Waals surface area contributed by atoms with Crippen LogP contribution in [0.4, 0.5) is 8.78 Å². The van der Waals surface area contributed by atoms with E-state index in [1.807, 2.05) is 36.5 Å². The normalized spacial score (nSPS) is 21.3. The first-order valence-electron chi connectivity index (χ1n) is 13.4. The first-order chi connectivity index (χ1) is 18.8. The number of benzene rings is 2. The van der Waals surface area contributed by atoms with Gasteiger partial charge in [0.1, 0.15) is 18.3 Å². The van der Waals surface area contributed by atoms with Crippen molar-refractivity contribution in [1.29, 1.82) is 0 Å². The zero-order chi connectivity index (χ0) is 26.9. The van der Waals surface area contributed by atoms with E-state index < -0.39 is 6.67 Å². The van der Waals surface area contributed by atoms with E-state index in [0.29, 0.717) is 40.3 Å². The predicted molar refractivity (Wildman–Crippen MR) is 145 cm³/mol. The van der Waals surface area contributed by atoms with Gasteiger partial charge in [0.25, 0.3) is 0 Å². The second-order valence-electron chi connectivity index (χ2n) is 11.6. The van der Waals surface area contributed by atoms with Crippen LogP contribution in [-0.2, 0) is 30.3 Å². The van der Waals surface area contributed by atoms with E-state index in [4.69, 9.17) is 14.5 Å². The molecule has 0 fully saturated rings. The fourth-order valence-electron chi connectivity index (χ4n) is 7.28. The van der Waals surface area contributed by atoms with E-state index in [-0.39, 0.29) is 22.6 Å². The summed E-state index contributed by atoms with van der Waals surface area (Å²) in [7, 11) is 0. The molecule has 3 aromatic heterocycles. The third-order valence-corrected chi connectivity index (χ3v) is 8.93. The number of fused-ring (bicyclic) bond motifs is 5. The molecule has 0 radical (unpaired) electrons. The summed E-state index contributed by atoms with van der Waals surface area (Å²) < 4.78 is 35.0.